The Labute approximate surface area is 148 Å². The van der Waals surface area contributed by atoms with Gasteiger partial charge in [-0.15, -0.1) is 6.58 Å². The number of Topliss-reactive ketones (excluding diaryl/α,β-unsaturated/α-hetero) is 1. The lowest BCUT2D eigenvalue weighted by Gasteiger charge is -2.43. The molecule has 24 heavy (non-hydrogen) atoms. The maximum absolute atomic E-state index is 12.4. The van der Waals surface area contributed by atoms with Crippen LogP contribution in [0.25, 0.3) is 0 Å². The Morgan fingerprint density at radius 2 is 2.04 bits per heavy atom. The van der Waals surface area contributed by atoms with Crippen molar-refractivity contribution in [2.24, 2.45) is 17.8 Å². The predicted molar refractivity (Wildman–Crippen MR) is 98.0 cm³/mol. The fourth-order valence-electron chi connectivity index (χ4n) is 3.81. The zero-order valence-electron chi connectivity index (χ0n) is 16.3. The molecule has 2 bridgehead atoms. The second-order valence-corrected chi connectivity index (χ2v) is 8.70. The van der Waals surface area contributed by atoms with Crippen LogP contribution in [0.15, 0.2) is 12.7 Å². The third-order valence-corrected chi connectivity index (χ3v) is 6.43. The molecule has 2 fully saturated rings. The molecule has 3 nitrogen and oxygen atoms in total. The van der Waals surface area contributed by atoms with Crippen LogP contribution in [0.2, 0.25) is 0 Å². The fraction of sp³-hybridized carbons (Fsp3) is 0.857. The summed E-state index contributed by atoms with van der Waals surface area (Å²) in [6.07, 6.45) is 7.76. The Hall–Kier alpha value is -0.670. The first-order valence-corrected chi connectivity index (χ1v) is 9.69. The molecule has 2 saturated heterocycles. The molecule has 0 spiro atoms. The van der Waals surface area contributed by atoms with Gasteiger partial charge in [0.15, 0.2) is 0 Å². The van der Waals surface area contributed by atoms with E-state index in [0.29, 0.717) is 30.6 Å². The molecule has 2 aliphatic heterocycles. The van der Waals surface area contributed by atoms with Crippen LogP contribution in [0.4, 0.5) is 0 Å². The van der Waals surface area contributed by atoms with Crippen molar-refractivity contribution < 1.29 is 14.3 Å². The van der Waals surface area contributed by atoms with E-state index in [1.807, 2.05) is 6.08 Å². The first-order valence-electron chi connectivity index (χ1n) is 9.69. The molecule has 0 amide bonds. The molecule has 2 aliphatic rings. The smallest absolute Gasteiger partial charge is 0.135 e. The van der Waals surface area contributed by atoms with Crippen molar-refractivity contribution in [3.63, 3.8) is 0 Å². The van der Waals surface area contributed by atoms with Gasteiger partial charge in [0, 0.05) is 12.3 Å². The lowest BCUT2D eigenvalue weighted by Crippen LogP contribution is -2.51. The molecule has 3 heteroatoms. The number of carbonyl (C=O) groups is 1. The van der Waals surface area contributed by atoms with Crippen LogP contribution < -0.4 is 0 Å². The molecule has 0 radical (unpaired) electrons. The Morgan fingerprint density at radius 3 is 2.67 bits per heavy atom. The highest BCUT2D eigenvalue weighted by Crippen LogP contribution is 2.45. The third kappa shape index (κ3) is 4.29. The minimum absolute atomic E-state index is 0.148. The van der Waals surface area contributed by atoms with Crippen molar-refractivity contribution in [2.45, 2.75) is 90.4 Å². The van der Waals surface area contributed by atoms with E-state index in [2.05, 4.69) is 41.2 Å². The summed E-state index contributed by atoms with van der Waals surface area (Å²) < 4.78 is 12.4. The summed E-state index contributed by atoms with van der Waals surface area (Å²) in [5, 5.41) is 0. The van der Waals surface area contributed by atoms with E-state index < -0.39 is 0 Å². The molecule has 5 atom stereocenters. The van der Waals surface area contributed by atoms with Crippen molar-refractivity contribution >= 4 is 5.78 Å². The van der Waals surface area contributed by atoms with Gasteiger partial charge in [0.05, 0.1) is 18.3 Å². The first-order chi connectivity index (χ1) is 11.2. The van der Waals surface area contributed by atoms with Crippen LogP contribution in [-0.4, -0.2) is 29.7 Å². The Morgan fingerprint density at radius 1 is 1.33 bits per heavy atom. The SMILES string of the molecule is C=C[C@@]12CCC(O1)C(C)(CCCC(C)C(=O)CC(C)C(C)C)OC2. The molecule has 0 aromatic carbocycles. The number of fused-ring (bicyclic) bond motifs is 2. The van der Waals surface area contributed by atoms with E-state index >= 15 is 0 Å². The zero-order valence-corrected chi connectivity index (χ0v) is 16.3. The molecule has 2 rings (SSSR count). The number of carbonyl (C=O) groups excluding carboxylic acids is 1. The van der Waals surface area contributed by atoms with Crippen LogP contribution in [0.3, 0.4) is 0 Å². The number of hydrogen-bond acceptors (Lipinski definition) is 3. The van der Waals surface area contributed by atoms with E-state index in [-0.39, 0.29) is 23.2 Å². The molecular formula is C21H36O3. The average molecular weight is 337 g/mol. The van der Waals surface area contributed by atoms with Gasteiger partial charge < -0.3 is 9.47 Å². The Balaban J connectivity index is 1.77. The molecule has 0 aromatic rings. The molecule has 4 unspecified atom stereocenters. The van der Waals surface area contributed by atoms with E-state index in [9.17, 15) is 4.79 Å². The standard InChI is InChI=1S/C21H36O3/c1-7-21-12-10-19(24-21)20(6,23-14-21)11-8-9-16(4)18(22)13-17(5)15(2)3/h7,15-17,19H,1,8-14H2,2-6H3/t16?,17?,19?,20?,21-/m0/s1. The van der Waals surface area contributed by atoms with Crippen LogP contribution in [0, 0.1) is 17.8 Å². The molecule has 0 aromatic heterocycles. The molecule has 0 aliphatic carbocycles. The van der Waals surface area contributed by atoms with E-state index in [4.69, 9.17) is 9.47 Å². The summed E-state index contributed by atoms with van der Waals surface area (Å²) >= 11 is 0. The van der Waals surface area contributed by atoms with Crippen LogP contribution >= 0.6 is 0 Å². The summed E-state index contributed by atoms with van der Waals surface area (Å²) in [7, 11) is 0. The summed E-state index contributed by atoms with van der Waals surface area (Å²) in [6.45, 7) is 15.3. The van der Waals surface area contributed by atoms with Gasteiger partial charge in [-0.25, -0.2) is 0 Å². The Bertz CT molecular complexity index is 458. The highest BCUT2D eigenvalue weighted by atomic mass is 16.6. The van der Waals surface area contributed by atoms with Crippen LogP contribution in [0.1, 0.15) is 73.1 Å². The highest BCUT2D eigenvalue weighted by molar-refractivity contribution is 5.80. The quantitative estimate of drug-likeness (QED) is 0.560. The van der Waals surface area contributed by atoms with E-state index in [1.165, 1.54) is 0 Å². The van der Waals surface area contributed by atoms with Gasteiger partial charge in [0.25, 0.3) is 0 Å². The predicted octanol–water partition coefficient (Wildman–Crippen LogP) is 4.94. The summed E-state index contributed by atoms with van der Waals surface area (Å²) in [4.78, 5) is 12.4. The molecule has 0 N–H and O–H groups in total. The fourth-order valence-corrected chi connectivity index (χ4v) is 3.81. The highest BCUT2D eigenvalue weighted by Gasteiger charge is 2.52. The van der Waals surface area contributed by atoms with Gasteiger partial charge >= 0.3 is 0 Å². The van der Waals surface area contributed by atoms with Crippen LogP contribution in [0.5, 0.6) is 0 Å². The summed E-state index contributed by atoms with van der Waals surface area (Å²) in [5.41, 5.74) is -0.461. The number of hydrogen-bond donors (Lipinski definition) is 0. The molecule has 138 valence electrons. The molecular weight excluding hydrogens is 300 g/mol. The third-order valence-electron chi connectivity index (χ3n) is 6.43. The zero-order chi connectivity index (χ0) is 18.0. The van der Waals surface area contributed by atoms with Crippen LogP contribution in [-0.2, 0) is 14.3 Å². The van der Waals surface area contributed by atoms with Gasteiger partial charge in [0.1, 0.15) is 11.4 Å². The van der Waals surface area contributed by atoms with E-state index in [0.717, 1.165) is 32.1 Å². The van der Waals surface area contributed by atoms with Gasteiger partial charge in [-0.05, 0) is 50.9 Å². The second-order valence-electron chi connectivity index (χ2n) is 8.70. The van der Waals surface area contributed by atoms with Gasteiger partial charge in [-0.3, -0.25) is 4.79 Å². The lowest BCUT2D eigenvalue weighted by atomic mass is 9.85. The van der Waals surface area contributed by atoms with E-state index in [1.54, 1.807) is 0 Å². The number of ketones is 1. The summed E-state index contributed by atoms with van der Waals surface area (Å²) in [6, 6.07) is 0. The van der Waals surface area contributed by atoms with Gasteiger partial charge in [-0.1, -0.05) is 33.8 Å². The van der Waals surface area contributed by atoms with Crippen molar-refractivity contribution in [2.75, 3.05) is 6.61 Å². The summed E-state index contributed by atoms with van der Waals surface area (Å²) in [5.74, 6) is 1.60. The first kappa shape index (κ1) is 19.7. The minimum atomic E-state index is -0.250. The number of rotatable bonds is 9. The largest absolute Gasteiger partial charge is 0.369 e. The van der Waals surface area contributed by atoms with Gasteiger partial charge in [-0.2, -0.15) is 0 Å². The molecule has 2 heterocycles. The minimum Gasteiger partial charge on any atom is -0.369 e. The number of ether oxygens (including phenoxy) is 2. The normalized spacial score (nSPS) is 35.0. The maximum atomic E-state index is 12.4. The Kier molecular flexibility index (Phi) is 6.30. The monoisotopic (exact) mass is 336 g/mol. The van der Waals surface area contributed by atoms with Crippen molar-refractivity contribution in [1.29, 1.82) is 0 Å². The lowest BCUT2D eigenvalue weighted by molar-refractivity contribution is -0.225. The molecule has 0 saturated carbocycles. The maximum Gasteiger partial charge on any atom is 0.135 e. The second kappa shape index (κ2) is 7.70. The van der Waals surface area contributed by atoms with Crippen molar-refractivity contribution in [3.8, 4) is 0 Å². The van der Waals surface area contributed by atoms with Gasteiger partial charge in [0.2, 0.25) is 0 Å². The average Bonchev–Trinajstić information content (AvgIpc) is 2.93. The van der Waals surface area contributed by atoms with Crippen molar-refractivity contribution in [1.82, 2.24) is 0 Å². The van der Waals surface area contributed by atoms with Crippen molar-refractivity contribution in [3.05, 3.63) is 12.7 Å². The topological polar surface area (TPSA) is 35.5 Å².